The van der Waals surface area contributed by atoms with Gasteiger partial charge in [0.2, 0.25) is 0 Å². The zero-order chi connectivity index (χ0) is 22.0. The number of hydrogen-bond acceptors (Lipinski definition) is 5. The standard InChI is InChI=1S/C23H31N5O3/c1-23(2,3)31-22(30)24-17-10-7-9-16(15-17)21(29)27-14-8-11-18(27)20-26-25-19-12-5-4-6-13-28(19)20/h7,9-10,15,18H,4-6,8,11-14H2,1-3H3,(H,24,30). The van der Waals surface area contributed by atoms with E-state index in [0.717, 1.165) is 50.3 Å². The zero-order valence-electron chi connectivity index (χ0n) is 18.6. The van der Waals surface area contributed by atoms with Gasteiger partial charge in [-0.1, -0.05) is 12.5 Å². The highest BCUT2D eigenvalue weighted by Crippen LogP contribution is 2.33. The maximum absolute atomic E-state index is 13.4. The highest BCUT2D eigenvalue weighted by Gasteiger charge is 2.35. The summed E-state index contributed by atoms with van der Waals surface area (Å²) < 4.78 is 7.53. The Hall–Kier alpha value is -2.90. The van der Waals surface area contributed by atoms with Gasteiger partial charge in [0.15, 0.2) is 5.82 Å². The predicted molar refractivity (Wildman–Crippen MR) is 117 cm³/mol. The fraction of sp³-hybridized carbons (Fsp3) is 0.565. The third-order valence-corrected chi connectivity index (χ3v) is 5.70. The van der Waals surface area contributed by atoms with Crippen molar-refractivity contribution in [2.45, 2.75) is 77.5 Å². The average molecular weight is 426 g/mol. The minimum atomic E-state index is -0.587. The van der Waals surface area contributed by atoms with Gasteiger partial charge < -0.3 is 14.2 Å². The van der Waals surface area contributed by atoms with Gasteiger partial charge in [-0.3, -0.25) is 10.1 Å². The number of anilines is 1. The number of carbonyl (C=O) groups is 2. The molecule has 31 heavy (non-hydrogen) atoms. The minimum Gasteiger partial charge on any atom is -0.444 e. The van der Waals surface area contributed by atoms with Crippen LogP contribution in [0.25, 0.3) is 0 Å². The van der Waals surface area contributed by atoms with Crippen molar-refractivity contribution >= 4 is 17.7 Å². The number of ether oxygens (including phenoxy) is 1. The molecule has 2 aromatic rings. The van der Waals surface area contributed by atoms with Crippen LogP contribution in [0.2, 0.25) is 0 Å². The first-order valence-electron chi connectivity index (χ1n) is 11.1. The second-order valence-electron chi connectivity index (χ2n) is 9.30. The van der Waals surface area contributed by atoms with E-state index in [1.807, 2.05) is 25.7 Å². The summed E-state index contributed by atoms with van der Waals surface area (Å²) in [6, 6.07) is 6.94. The van der Waals surface area contributed by atoms with Crippen LogP contribution in [-0.2, 0) is 17.7 Å². The number of nitrogens with zero attached hydrogens (tertiary/aromatic N) is 4. The van der Waals surface area contributed by atoms with E-state index in [0.29, 0.717) is 17.8 Å². The first-order chi connectivity index (χ1) is 14.8. The third kappa shape index (κ3) is 4.89. The van der Waals surface area contributed by atoms with Gasteiger partial charge in [-0.2, -0.15) is 0 Å². The van der Waals surface area contributed by atoms with Crippen molar-refractivity contribution in [3.63, 3.8) is 0 Å². The van der Waals surface area contributed by atoms with E-state index in [4.69, 9.17) is 4.74 Å². The summed E-state index contributed by atoms with van der Waals surface area (Å²) in [6.45, 7) is 7.04. The average Bonchev–Trinajstić information content (AvgIpc) is 3.27. The molecule has 2 aliphatic rings. The lowest BCUT2D eigenvalue weighted by Crippen LogP contribution is -2.32. The molecule has 1 aromatic carbocycles. The van der Waals surface area contributed by atoms with Crippen LogP contribution in [0, 0.1) is 0 Å². The summed E-state index contributed by atoms with van der Waals surface area (Å²) in [5.41, 5.74) is 0.486. The van der Waals surface area contributed by atoms with Crippen molar-refractivity contribution in [3.05, 3.63) is 41.5 Å². The summed E-state index contributed by atoms with van der Waals surface area (Å²) in [5.74, 6) is 1.89. The van der Waals surface area contributed by atoms with E-state index < -0.39 is 11.7 Å². The maximum Gasteiger partial charge on any atom is 0.412 e. The molecule has 166 valence electrons. The molecule has 1 unspecified atom stereocenters. The first kappa shape index (κ1) is 21.3. The molecule has 1 aromatic heterocycles. The molecule has 4 rings (SSSR count). The smallest absolute Gasteiger partial charge is 0.412 e. The number of fused-ring (bicyclic) bond motifs is 1. The minimum absolute atomic E-state index is 0.0543. The number of rotatable bonds is 3. The van der Waals surface area contributed by atoms with Crippen LogP contribution < -0.4 is 5.32 Å². The fourth-order valence-electron chi connectivity index (χ4n) is 4.35. The number of likely N-dealkylation sites (tertiary alicyclic amines) is 1. The van der Waals surface area contributed by atoms with Gasteiger partial charge in [0, 0.05) is 30.8 Å². The van der Waals surface area contributed by atoms with Gasteiger partial charge in [0.1, 0.15) is 11.4 Å². The summed E-state index contributed by atoms with van der Waals surface area (Å²) in [6.07, 6.45) is 5.70. The number of hydrogen-bond donors (Lipinski definition) is 1. The van der Waals surface area contributed by atoms with E-state index in [-0.39, 0.29) is 11.9 Å². The van der Waals surface area contributed by atoms with E-state index in [2.05, 4.69) is 20.1 Å². The first-order valence-corrected chi connectivity index (χ1v) is 11.1. The highest BCUT2D eigenvalue weighted by atomic mass is 16.6. The van der Waals surface area contributed by atoms with Crippen molar-refractivity contribution in [2.75, 3.05) is 11.9 Å². The summed E-state index contributed by atoms with van der Waals surface area (Å²) in [4.78, 5) is 27.4. The van der Waals surface area contributed by atoms with Gasteiger partial charge in [-0.25, -0.2) is 4.79 Å². The quantitative estimate of drug-likeness (QED) is 0.791. The topological polar surface area (TPSA) is 89.3 Å². The molecule has 3 heterocycles. The van der Waals surface area contributed by atoms with Crippen LogP contribution in [0.3, 0.4) is 0 Å². The molecule has 2 aliphatic heterocycles. The van der Waals surface area contributed by atoms with Crippen molar-refractivity contribution in [1.82, 2.24) is 19.7 Å². The number of amides is 2. The molecule has 2 amide bonds. The van der Waals surface area contributed by atoms with Crippen LogP contribution in [0.1, 0.15) is 80.9 Å². The number of carbonyl (C=O) groups excluding carboxylic acids is 2. The van der Waals surface area contributed by atoms with Gasteiger partial charge >= 0.3 is 6.09 Å². The van der Waals surface area contributed by atoms with Gasteiger partial charge in [-0.15, -0.1) is 10.2 Å². The Morgan fingerprint density at radius 1 is 1.10 bits per heavy atom. The highest BCUT2D eigenvalue weighted by molar-refractivity contribution is 5.96. The molecule has 1 fully saturated rings. The number of aromatic nitrogens is 3. The maximum atomic E-state index is 13.4. The molecule has 1 saturated heterocycles. The van der Waals surface area contributed by atoms with Crippen LogP contribution in [0.5, 0.6) is 0 Å². The third-order valence-electron chi connectivity index (χ3n) is 5.70. The fourth-order valence-corrected chi connectivity index (χ4v) is 4.35. The molecule has 8 nitrogen and oxygen atoms in total. The van der Waals surface area contributed by atoms with Crippen LogP contribution >= 0.6 is 0 Å². The Morgan fingerprint density at radius 2 is 1.94 bits per heavy atom. The summed E-state index contributed by atoms with van der Waals surface area (Å²) in [7, 11) is 0. The Bertz CT molecular complexity index is 962. The van der Waals surface area contributed by atoms with Crippen molar-refractivity contribution in [1.29, 1.82) is 0 Å². The lowest BCUT2D eigenvalue weighted by molar-refractivity contribution is 0.0634. The molecular formula is C23H31N5O3. The molecule has 0 aliphatic carbocycles. The van der Waals surface area contributed by atoms with E-state index in [1.165, 1.54) is 6.42 Å². The van der Waals surface area contributed by atoms with Gasteiger partial charge in [-0.05, 0) is 64.7 Å². The molecule has 8 heteroatoms. The van der Waals surface area contributed by atoms with Crippen molar-refractivity contribution < 1.29 is 14.3 Å². The van der Waals surface area contributed by atoms with Crippen LogP contribution in [0.15, 0.2) is 24.3 Å². The normalized spacial score (nSPS) is 18.9. The molecular weight excluding hydrogens is 394 g/mol. The molecule has 0 saturated carbocycles. The lowest BCUT2D eigenvalue weighted by atomic mass is 10.1. The second kappa shape index (κ2) is 8.69. The van der Waals surface area contributed by atoms with Crippen molar-refractivity contribution in [2.24, 2.45) is 0 Å². The Morgan fingerprint density at radius 3 is 2.74 bits per heavy atom. The molecule has 0 radical (unpaired) electrons. The Labute approximate surface area is 183 Å². The van der Waals surface area contributed by atoms with Gasteiger partial charge in [0.25, 0.3) is 5.91 Å². The zero-order valence-corrected chi connectivity index (χ0v) is 18.6. The Balaban J connectivity index is 1.52. The molecule has 1 atom stereocenters. The summed E-state index contributed by atoms with van der Waals surface area (Å²) in [5, 5.41) is 11.6. The largest absolute Gasteiger partial charge is 0.444 e. The molecule has 0 bridgehead atoms. The Kier molecular flexibility index (Phi) is 5.98. The number of benzene rings is 1. The van der Waals surface area contributed by atoms with Crippen LogP contribution in [-0.4, -0.2) is 43.8 Å². The predicted octanol–water partition coefficient (Wildman–Crippen LogP) is 4.33. The van der Waals surface area contributed by atoms with Gasteiger partial charge in [0.05, 0.1) is 6.04 Å². The van der Waals surface area contributed by atoms with E-state index in [1.54, 1.807) is 24.3 Å². The van der Waals surface area contributed by atoms with Crippen molar-refractivity contribution in [3.8, 4) is 0 Å². The summed E-state index contributed by atoms with van der Waals surface area (Å²) >= 11 is 0. The molecule has 1 N–H and O–H groups in total. The number of nitrogens with one attached hydrogen (secondary N) is 1. The second-order valence-corrected chi connectivity index (χ2v) is 9.30. The number of aryl methyl sites for hydroxylation is 1. The SMILES string of the molecule is CC(C)(C)OC(=O)Nc1cccc(C(=O)N2CCCC2c2nnc3n2CCCCC3)c1. The monoisotopic (exact) mass is 425 g/mol. The van der Waals surface area contributed by atoms with E-state index in [9.17, 15) is 9.59 Å². The van der Waals surface area contributed by atoms with Crippen LogP contribution in [0.4, 0.5) is 10.5 Å². The van der Waals surface area contributed by atoms with E-state index >= 15 is 0 Å². The lowest BCUT2D eigenvalue weighted by Gasteiger charge is -2.25. The molecule has 0 spiro atoms.